The second-order valence-corrected chi connectivity index (χ2v) is 5.73. The minimum atomic E-state index is -0.446. The van der Waals surface area contributed by atoms with Gasteiger partial charge in [-0.05, 0) is 17.1 Å². The van der Waals surface area contributed by atoms with Crippen LogP contribution in [0.25, 0.3) is 16.5 Å². The number of aromatic amines is 1. The van der Waals surface area contributed by atoms with Gasteiger partial charge in [0.1, 0.15) is 12.0 Å². The highest BCUT2D eigenvalue weighted by Gasteiger charge is 2.23. The van der Waals surface area contributed by atoms with Crippen molar-refractivity contribution in [3.63, 3.8) is 0 Å². The lowest BCUT2D eigenvalue weighted by molar-refractivity contribution is -0.389. The molecule has 0 amide bonds. The number of hydrogen-bond donors (Lipinski definition) is 2. The molecule has 0 atom stereocenters. The minimum absolute atomic E-state index is 0.0694. The summed E-state index contributed by atoms with van der Waals surface area (Å²) in [6.45, 7) is 0.429. The first-order valence-corrected chi connectivity index (χ1v) is 7.89. The van der Waals surface area contributed by atoms with Gasteiger partial charge >= 0.3 is 5.82 Å². The van der Waals surface area contributed by atoms with Crippen LogP contribution in [0.15, 0.2) is 34.4 Å². The number of anilines is 1. The fourth-order valence-corrected chi connectivity index (χ4v) is 3.00. The van der Waals surface area contributed by atoms with Crippen LogP contribution in [0.1, 0.15) is 5.82 Å². The van der Waals surface area contributed by atoms with E-state index in [0.717, 1.165) is 0 Å². The molecule has 0 saturated carbocycles. The third-order valence-electron chi connectivity index (χ3n) is 3.34. The van der Waals surface area contributed by atoms with Crippen LogP contribution in [-0.2, 0) is 6.42 Å². The molecule has 0 aromatic carbocycles. The summed E-state index contributed by atoms with van der Waals surface area (Å²) in [5.41, 5.74) is 0. The van der Waals surface area contributed by atoms with E-state index < -0.39 is 4.92 Å². The van der Waals surface area contributed by atoms with Crippen molar-refractivity contribution in [2.45, 2.75) is 6.42 Å². The van der Waals surface area contributed by atoms with Gasteiger partial charge in [-0.1, -0.05) is 11.3 Å². The minimum Gasteiger partial charge on any atom is -0.461 e. The van der Waals surface area contributed by atoms with Gasteiger partial charge in [-0.2, -0.15) is 14.5 Å². The van der Waals surface area contributed by atoms with Crippen LogP contribution in [0.3, 0.4) is 0 Å². The van der Waals surface area contributed by atoms with E-state index in [9.17, 15) is 10.1 Å². The van der Waals surface area contributed by atoms with Gasteiger partial charge < -0.3 is 19.8 Å². The summed E-state index contributed by atoms with van der Waals surface area (Å²) in [6.07, 6.45) is 3.69. The number of nitrogens with zero attached hydrogens (tertiary/aromatic N) is 5. The Labute approximate surface area is 138 Å². The number of fused-ring (bicyclic) bond motifs is 1. The van der Waals surface area contributed by atoms with Crippen LogP contribution in [-0.4, -0.2) is 36.0 Å². The number of imidazole rings is 1. The summed E-state index contributed by atoms with van der Waals surface area (Å²) in [6, 6.07) is 3.53. The third-order valence-corrected chi connectivity index (χ3v) is 4.09. The normalized spacial score (nSPS) is 11.2. The van der Waals surface area contributed by atoms with Gasteiger partial charge in [0.2, 0.25) is 11.6 Å². The Morgan fingerprint density at radius 1 is 1.46 bits per heavy atom. The Hall–Kier alpha value is -3.21. The number of H-pyrrole nitrogens is 1. The van der Waals surface area contributed by atoms with E-state index >= 15 is 0 Å². The van der Waals surface area contributed by atoms with Crippen LogP contribution in [0, 0.1) is 10.1 Å². The maximum atomic E-state index is 11.2. The smallest absolute Gasteiger partial charge is 0.372 e. The molecule has 122 valence electrons. The monoisotopic (exact) mass is 345 g/mol. The fourth-order valence-electron chi connectivity index (χ4n) is 2.29. The van der Waals surface area contributed by atoms with E-state index in [1.807, 2.05) is 0 Å². The van der Waals surface area contributed by atoms with E-state index in [1.54, 1.807) is 30.0 Å². The molecule has 0 radical (unpaired) electrons. The van der Waals surface area contributed by atoms with E-state index in [2.05, 4.69) is 25.5 Å². The summed E-state index contributed by atoms with van der Waals surface area (Å²) in [4.78, 5) is 19.9. The maximum absolute atomic E-state index is 11.2. The fraction of sp³-hybridized carbons (Fsp3) is 0.154. The zero-order chi connectivity index (χ0) is 16.5. The second-order valence-electron chi connectivity index (χ2n) is 4.86. The Balaban J connectivity index is 1.45. The van der Waals surface area contributed by atoms with Crippen molar-refractivity contribution in [2.75, 3.05) is 11.9 Å². The quantitative estimate of drug-likeness (QED) is 0.405. The number of aromatic nitrogens is 5. The molecule has 0 spiro atoms. The molecule has 4 aromatic heterocycles. The van der Waals surface area contributed by atoms with Crippen LogP contribution in [0.5, 0.6) is 0 Å². The second kappa shape index (κ2) is 5.77. The summed E-state index contributed by atoms with van der Waals surface area (Å²) in [5, 5.41) is 22.9. The lowest BCUT2D eigenvalue weighted by atomic mass is 10.4. The predicted octanol–water partition coefficient (Wildman–Crippen LogP) is 2.34. The average molecular weight is 345 g/mol. The van der Waals surface area contributed by atoms with Crippen molar-refractivity contribution in [2.24, 2.45) is 0 Å². The molecule has 24 heavy (non-hydrogen) atoms. The van der Waals surface area contributed by atoms with E-state index in [1.165, 1.54) is 15.7 Å². The Morgan fingerprint density at radius 2 is 2.38 bits per heavy atom. The largest absolute Gasteiger partial charge is 0.461 e. The van der Waals surface area contributed by atoms with E-state index in [4.69, 9.17) is 4.42 Å². The first-order chi connectivity index (χ1) is 11.7. The van der Waals surface area contributed by atoms with Crippen molar-refractivity contribution in [3.05, 3.63) is 45.9 Å². The number of thiazole rings is 1. The molecular weight excluding hydrogens is 334 g/mol. The Kier molecular flexibility index (Phi) is 3.46. The van der Waals surface area contributed by atoms with E-state index in [0.29, 0.717) is 35.3 Å². The van der Waals surface area contributed by atoms with Gasteiger partial charge in [-0.25, -0.2) is 4.98 Å². The summed E-state index contributed by atoms with van der Waals surface area (Å²) in [5.74, 6) is 1.88. The van der Waals surface area contributed by atoms with Crippen LogP contribution >= 0.6 is 11.3 Å². The van der Waals surface area contributed by atoms with Crippen LogP contribution in [0.4, 0.5) is 11.6 Å². The molecule has 0 unspecified atom stereocenters. The summed E-state index contributed by atoms with van der Waals surface area (Å²) in [7, 11) is 0. The molecule has 0 bridgehead atoms. The standard InChI is InChI=1S/C13H11N7O3S/c21-20(22)12-11(16-13-19(12)5-7-24-13)14-4-3-9-15-10(18-17-9)8-2-1-6-23-8/h1-2,5-7,14H,3-4H2,(H,15,17,18). The van der Waals surface area contributed by atoms with Gasteiger partial charge in [-0.15, -0.1) is 0 Å². The van der Waals surface area contributed by atoms with Gasteiger partial charge in [0, 0.05) is 18.3 Å². The molecule has 4 heterocycles. The van der Waals surface area contributed by atoms with Crippen molar-refractivity contribution in [1.29, 1.82) is 0 Å². The lowest BCUT2D eigenvalue weighted by Crippen LogP contribution is -2.08. The molecule has 4 aromatic rings. The molecular formula is C13H11N7O3S. The van der Waals surface area contributed by atoms with Gasteiger partial charge in [0.05, 0.1) is 6.26 Å². The molecule has 0 aliphatic heterocycles. The van der Waals surface area contributed by atoms with Gasteiger partial charge in [-0.3, -0.25) is 5.10 Å². The number of nitrogens with one attached hydrogen (secondary N) is 2. The molecule has 0 aliphatic rings. The maximum Gasteiger partial charge on any atom is 0.372 e. The predicted molar refractivity (Wildman–Crippen MR) is 86.0 cm³/mol. The average Bonchev–Trinajstić information content (AvgIpc) is 3.31. The Bertz CT molecular complexity index is 985. The summed E-state index contributed by atoms with van der Waals surface area (Å²) < 4.78 is 6.68. The summed E-state index contributed by atoms with van der Waals surface area (Å²) >= 11 is 1.34. The van der Waals surface area contributed by atoms with Crippen LogP contribution < -0.4 is 5.32 Å². The highest BCUT2D eigenvalue weighted by atomic mass is 32.1. The van der Waals surface area contributed by atoms with Gasteiger partial charge in [0.15, 0.2) is 5.76 Å². The third kappa shape index (κ3) is 2.50. The molecule has 0 saturated heterocycles. The molecule has 10 nitrogen and oxygen atoms in total. The molecule has 0 aliphatic carbocycles. The van der Waals surface area contributed by atoms with Crippen LogP contribution in [0.2, 0.25) is 0 Å². The highest BCUT2D eigenvalue weighted by molar-refractivity contribution is 7.15. The number of furan rings is 1. The van der Waals surface area contributed by atoms with Crippen molar-refractivity contribution in [3.8, 4) is 11.6 Å². The van der Waals surface area contributed by atoms with E-state index in [-0.39, 0.29) is 11.6 Å². The topological polar surface area (TPSA) is 127 Å². The number of nitro groups is 1. The van der Waals surface area contributed by atoms with Crippen molar-refractivity contribution < 1.29 is 9.34 Å². The zero-order valence-electron chi connectivity index (χ0n) is 12.2. The number of hydrogen-bond acceptors (Lipinski definition) is 8. The number of rotatable bonds is 6. The zero-order valence-corrected chi connectivity index (χ0v) is 13.0. The first kappa shape index (κ1) is 14.4. The van der Waals surface area contributed by atoms with Crippen molar-refractivity contribution in [1.82, 2.24) is 24.6 Å². The molecule has 11 heteroatoms. The lowest BCUT2D eigenvalue weighted by Gasteiger charge is -2.01. The first-order valence-electron chi connectivity index (χ1n) is 7.01. The molecule has 4 rings (SSSR count). The van der Waals surface area contributed by atoms with Gasteiger partial charge in [0.25, 0.3) is 4.96 Å². The van der Waals surface area contributed by atoms with Crippen molar-refractivity contribution >= 4 is 27.9 Å². The molecule has 0 fully saturated rings. The Morgan fingerprint density at radius 3 is 3.17 bits per heavy atom. The highest BCUT2D eigenvalue weighted by Crippen LogP contribution is 2.27. The molecule has 2 N–H and O–H groups in total. The SMILES string of the molecule is O=[N+]([O-])c1c(NCCc2nc(-c3ccco3)n[nH]2)nc2sccn12.